The number of rotatable bonds is 8. The van der Waals surface area contributed by atoms with Gasteiger partial charge in [-0.1, -0.05) is 13.8 Å². The summed E-state index contributed by atoms with van der Waals surface area (Å²) in [6, 6.07) is 1.65. The van der Waals surface area contributed by atoms with Gasteiger partial charge in [-0.3, -0.25) is 15.1 Å². The summed E-state index contributed by atoms with van der Waals surface area (Å²) in [5.74, 6) is 6.08. The lowest BCUT2D eigenvalue weighted by Crippen LogP contribution is -2.35. The van der Waals surface area contributed by atoms with E-state index in [1.165, 1.54) is 6.26 Å². The van der Waals surface area contributed by atoms with Crippen LogP contribution in [0.1, 0.15) is 30.0 Å². The normalized spacial score (nSPS) is 11.6. The molecule has 0 fully saturated rings. The van der Waals surface area contributed by atoms with Crippen molar-refractivity contribution in [2.24, 2.45) is 11.8 Å². The molecule has 0 aromatic carbocycles. The highest BCUT2D eigenvalue weighted by Crippen LogP contribution is 2.14. The van der Waals surface area contributed by atoms with E-state index in [9.17, 15) is 4.79 Å². The van der Waals surface area contributed by atoms with E-state index in [1.54, 1.807) is 6.07 Å². The number of amides is 1. The summed E-state index contributed by atoms with van der Waals surface area (Å²) < 4.78 is 5.43. The molecular weight excluding hydrogens is 256 g/mol. The first kappa shape index (κ1) is 16.7. The zero-order chi connectivity index (χ0) is 15.1. The molecule has 0 unspecified atom stereocenters. The Morgan fingerprint density at radius 2 is 2.10 bits per heavy atom. The van der Waals surface area contributed by atoms with Crippen LogP contribution in [-0.4, -0.2) is 49.4 Å². The lowest BCUT2D eigenvalue weighted by Gasteiger charge is -2.25. The van der Waals surface area contributed by atoms with Gasteiger partial charge in [0.15, 0.2) is 0 Å². The van der Waals surface area contributed by atoms with Crippen LogP contribution in [0.3, 0.4) is 0 Å². The number of hydrogen-bond donors (Lipinski definition) is 2. The van der Waals surface area contributed by atoms with Crippen LogP contribution in [-0.2, 0) is 6.54 Å². The summed E-state index contributed by atoms with van der Waals surface area (Å²) in [6.45, 7) is 7.82. The van der Waals surface area contributed by atoms with Crippen LogP contribution >= 0.6 is 0 Å². The largest absolute Gasteiger partial charge is 0.467 e. The third-order valence-electron chi connectivity index (χ3n) is 2.98. The second kappa shape index (κ2) is 8.04. The van der Waals surface area contributed by atoms with E-state index < -0.39 is 0 Å². The fraction of sp³-hybridized carbons (Fsp3) is 0.643. The molecule has 6 nitrogen and oxygen atoms in total. The monoisotopic (exact) mass is 282 g/mol. The Kier molecular flexibility index (Phi) is 6.70. The lowest BCUT2D eigenvalue weighted by atomic mass is 10.2. The lowest BCUT2D eigenvalue weighted by molar-refractivity contribution is 0.0949. The first-order valence-corrected chi connectivity index (χ1v) is 6.88. The highest BCUT2D eigenvalue weighted by atomic mass is 16.3. The maximum absolute atomic E-state index is 11.6. The number of nitrogen functional groups attached to an aromatic ring is 1. The first-order valence-electron chi connectivity index (χ1n) is 6.88. The molecule has 0 atom stereocenters. The van der Waals surface area contributed by atoms with Gasteiger partial charge in [0.25, 0.3) is 5.91 Å². The fourth-order valence-corrected chi connectivity index (χ4v) is 2.04. The maximum Gasteiger partial charge on any atom is 0.268 e. The quantitative estimate of drug-likeness (QED) is 0.421. The minimum Gasteiger partial charge on any atom is -0.467 e. The number of nitrogens with two attached hydrogens (primary N) is 1. The summed E-state index contributed by atoms with van der Waals surface area (Å²) in [5.41, 5.74) is 2.65. The predicted octanol–water partition coefficient (Wildman–Crippen LogP) is 0.903. The molecule has 0 bridgehead atoms. The van der Waals surface area contributed by atoms with Crippen LogP contribution < -0.4 is 11.3 Å². The van der Waals surface area contributed by atoms with Gasteiger partial charge in [0.2, 0.25) is 0 Å². The predicted molar refractivity (Wildman–Crippen MR) is 79.0 cm³/mol. The van der Waals surface area contributed by atoms with Crippen LogP contribution in [0.25, 0.3) is 0 Å². The van der Waals surface area contributed by atoms with E-state index in [0.717, 1.165) is 19.6 Å². The number of likely N-dealkylation sites (N-methyl/N-ethyl adjacent to an activating group) is 1. The van der Waals surface area contributed by atoms with Crippen LogP contribution in [0.15, 0.2) is 16.7 Å². The standard InChI is InChI=1S/C14H26N4O2/c1-11(2)9-18(7-6-17(3)4)10-13-12(5-8-20-13)14(19)16-15/h5,8,11H,6-7,9-10,15H2,1-4H3,(H,16,19). The molecule has 1 aromatic rings. The van der Waals surface area contributed by atoms with Crippen molar-refractivity contribution >= 4 is 5.91 Å². The number of furan rings is 1. The minimum absolute atomic E-state index is 0.314. The van der Waals surface area contributed by atoms with Crippen LogP contribution in [0.4, 0.5) is 0 Å². The second-order valence-corrected chi connectivity index (χ2v) is 5.66. The first-order chi connectivity index (χ1) is 9.43. The van der Waals surface area contributed by atoms with Gasteiger partial charge in [0.05, 0.1) is 18.4 Å². The van der Waals surface area contributed by atoms with Crippen LogP contribution in [0.5, 0.6) is 0 Å². The number of nitrogens with one attached hydrogen (secondary N) is 1. The van der Waals surface area contributed by atoms with Crippen molar-refractivity contribution in [1.29, 1.82) is 0 Å². The smallest absolute Gasteiger partial charge is 0.268 e. The number of carbonyl (C=O) groups is 1. The zero-order valence-electron chi connectivity index (χ0n) is 12.8. The molecule has 1 amide bonds. The van der Waals surface area contributed by atoms with E-state index in [1.807, 2.05) is 14.1 Å². The number of carbonyl (C=O) groups excluding carboxylic acids is 1. The zero-order valence-corrected chi connectivity index (χ0v) is 12.8. The summed E-state index contributed by atoms with van der Waals surface area (Å²) in [7, 11) is 4.10. The summed E-state index contributed by atoms with van der Waals surface area (Å²) in [4.78, 5) is 16.1. The topological polar surface area (TPSA) is 74.7 Å². The van der Waals surface area contributed by atoms with Gasteiger partial charge >= 0.3 is 0 Å². The van der Waals surface area contributed by atoms with E-state index in [0.29, 0.717) is 23.8 Å². The highest BCUT2D eigenvalue weighted by Gasteiger charge is 2.17. The van der Waals surface area contributed by atoms with Gasteiger partial charge in [0, 0.05) is 19.6 Å². The van der Waals surface area contributed by atoms with Gasteiger partial charge in [-0.05, 0) is 26.1 Å². The van der Waals surface area contributed by atoms with Crippen molar-refractivity contribution in [1.82, 2.24) is 15.2 Å². The van der Waals surface area contributed by atoms with Gasteiger partial charge in [-0.25, -0.2) is 5.84 Å². The Hall–Kier alpha value is -1.37. The van der Waals surface area contributed by atoms with Crippen molar-refractivity contribution in [2.45, 2.75) is 20.4 Å². The Morgan fingerprint density at radius 3 is 2.65 bits per heavy atom. The summed E-state index contributed by atoms with van der Waals surface area (Å²) >= 11 is 0. The summed E-state index contributed by atoms with van der Waals surface area (Å²) in [5, 5.41) is 0. The molecule has 3 N–H and O–H groups in total. The van der Waals surface area contributed by atoms with Gasteiger partial charge < -0.3 is 9.32 Å². The van der Waals surface area contributed by atoms with E-state index in [4.69, 9.17) is 10.3 Å². The van der Waals surface area contributed by atoms with E-state index in [2.05, 4.69) is 29.1 Å². The Labute approximate surface area is 120 Å². The Morgan fingerprint density at radius 1 is 1.40 bits per heavy atom. The second-order valence-electron chi connectivity index (χ2n) is 5.66. The van der Waals surface area contributed by atoms with Crippen molar-refractivity contribution in [2.75, 3.05) is 33.7 Å². The molecule has 6 heteroatoms. The molecule has 0 aliphatic heterocycles. The molecule has 0 radical (unpaired) electrons. The molecule has 20 heavy (non-hydrogen) atoms. The molecule has 1 aromatic heterocycles. The van der Waals surface area contributed by atoms with Crippen molar-refractivity contribution < 1.29 is 9.21 Å². The van der Waals surface area contributed by atoms with Crippen molar-refractivity contribution in [3.8, 4) is 0 Å². The average Bonchev–Trinajstić information content (AvgIpc) is 2.82. The third kappa shape index (κ3) is 5.32. The molecule has 1 heterocycles. The Bertz CT molecular complexity index is 415. The fourth-order valence-electron chi connectivity index (χ4n) is 2.04. The highest BCUT2D eigenvalue weighted by molar-refractivity contribution is 5.94. The summed E-state index contributed by atoms with van der Waals surface area (Å²) in [6.07, 6.45) is 1.53. The molecule has 0 aliphatic carbocycles. The molecular formula is C14H26N4O2. The molecule has 0 saturated heterocycles. The van der Waals surface area contributed by atoms with Gasteiger partial charge in [-0.15, -0.1) is 0 Å². The van der Waals surface area contributed by atoms with E-state index in [-0.39, 0.29) is 5.91 Å². The molecule has 0 aliphatic rings. The number of hydrogen-bond acceptors (Lipinski definition) is 5. The van der Waals surface area contributed by atoms with Crippen molar-refractivity contribution in [3.63, 3.8) is 0 Å². The average molecular weight is 282 g/mol. The van der Waals surface area contributed by atoms with Gasteiger partial charge in [0.1, 0.15) is 5.76 Å². The van der Waals surface area contributed by atoms with Crippen molar-refractivity contribution in [3.05, 3.63) is 23.7 Å². The molecule has 0 spiro atoms. The molecule has 114 valence electrons. The SMILES string of the molecule is CC(C)CN(CCN(C)C)Cc1occc1C(=O)NN. The minimum atomic E-state index is -0.314. The number of hydrazine groups is 1. The van der Waals surface area contributed by atoms with Crippen LogP contribution in [0, 0.1) is 5.92 Å². The maximum atomic E-state index is 11.6. The van der Waals surface area contributed by atoms with E-state index >= 15 is 0 Å². The van der Waals surface area contributed by atoms with Gasteiger partial charge in [-0.2, -0.15) is 0 Å². The number of nitrogens with zero attached hydrogens (tertiary/aromatic N) is 2. The van der Waals surface area contributed by atoms with Crippen LogP contribution in [0.2, 0.25) is 0 Å². The molecule has 0 saturated carbocycles. The third-order valence-corrected chi connectivity index (χ3v) is 2.98. The molecule has 1 rings (SSSR count). The Balaban J connectivity index is 2.73.